The van der Waals surface area contributed by atoms with Gasteiger partial charge in [0.1, 0.15) is 5.78 Å². The molecule has 1 rings (SSSR count). The van der Waals surface area contributed by atoms with Gasteiger partial charge in [-0.05, 0) is 18.6 Å². The number of carbonyl (C=O) groups excluding carboxylic acids is 1. The van der Waals surface area contributed by atoms with Crippen LogP contribution in [-0.2, 0) is 11.2 Å². The monoisotopic (exact) mass is 184 g/mol. The fourth-order valence-electron chi connectivity index (χ4n) is 1.13. The van der Waals surface area contributed by atoms with E-state index in [1.807, 2.05) is 0 Å². The predicted octanol–water partition coefficient (Wildman–Crippen LogP) is 2.76. The van der Waals surface area contributed by atoms with Crippen LogP contribution in [0.15, 0.2) is 24.3 Å². The molecule has 0 aliphatic carbocycles. The molecule has 1 aromatic rings. The van der Waals surface area contributed by atoms with Crippen LogP contribution in [0.3, 0.4) is 0 Å². The first-order valence-electron chi connectivity index (χ1n) is 3.96. The van der Waals surface area contributed by atoms with E-state index in [1.54, 1.807) is 12.1 Å². The Kier molecular flexibility index (Phi) is 3.12. The van der Waals surface area contributed by atoms with Crippen molar-refractivity contribution in [1.82, 2.24) is 0 Å². The molecule has 13 heavy (non-hydrogen) atoms. The number of hydrogen-bond donors (Lipinski definition) is 0. The van der Waals surface area contributed by atoms with Gasteiger partial charge in [-0.15, -0.1) is 0 Å². The van der Waals surface area contributed by atoms with Crippen molar-refractivity contribution >= 4 is 5.78 Å². The van der Waals surface area contributed by atoms with Crippen molar-refractivity contribution in [2.45, 2.75) is 19.8 Å². The first-order valence-corrected chi connectivity index (χ1v) is 3.96. The zero-order valence-electron chi connectivity index (χ0n) is 7.26. The van der Waals surface area contributed by atoms with Crippen LogP contribution in [0.25, 0.3) is 0 Å². The smallest absolute Gasteiger partial charge is 0.263 e. The van der Waals surface area contributed by atoms with Crippen molar-refractivity contribution < 1.29 is 13.6 Å². The predicted molar refractivity (Wildman–Crippen MR) is 45.8 cm³/mol. The van der Waals surface area contributed by atoms with Gasteiger partial charge in [-0.25, -0.2) is 8.78 Å². The van der Waals surface area contributed by atoms with Crippen LogP contribution in [0.5, 0.6) is 0 Å². The Morgan fingerprint density at radius 2 is 2.15 bits per heavy atom. The molecule has 3 heteroatoms. The van der Waals surface area contributed by atoms with E-state index in [1.165, 1.54) is 19.1 Å². The molecule has 0 N–H and O–H groups in total. The maximum atomic E-state index is 12.2. The van der Waals surface area contributed by atoms with Crippen molar-refractivity contribution in [3.63, 3.8) is 0 Å². The van der Waals surface area contributed by atoms with Gasteiger partial charge in [-0.1, -0.05) is 18.2 Å². The summed E-state index contributed by atoms with van der Waals surface area (Å²) in [6.45, 7) is 1.44. The SMILES string of the molecule is CC(=O)Cc1cccc(C(F)F)c1. The maximum absolute atomic E-state index is 12.2. The Morgan fingerprint density at radius 3 is 2.69 bits per heavy atom. The number of hydrogen-bond acceptors (Lipinski definition) is 1. The van der Waals surface area contributed by atoms with Gasteiger partial charge in [0, 0.05) is 12.0 Å². The standard InChI is InChI=1S/C10H10F2O/c1-7(13)5-8-3-2-4-9(6-8)10(11)12/h2-4,6,10H,5H2,1H3. The number of ketones is 1. The molecule has 0 spiro atoms. The number of alkyl halides is 2. The number of rotatable bonds is 3. The summed E-state index contributed by atoms with van der Waals surface area (Å²) in [5.74, 6) is -0.0218. The highest BCUT2D eigenvalue weighted by Crippen LogP contribution is 2.19. The van der Waals surface area contributed by atoms with E-state index in [0.29, 0.717) is 5.56 Å². The van der Waals surface area contributed by atoms with E-state index < -0.39 is 6.43 Å². The Morgan fingerprint density at radius 1 is 1.46 bits per heavy atom. The van der Waals surface area contributed by atoms with Gasteiger partial charge in [0.2, 0.25) is 0 Å². The molecule has 0 saturated heterocycles. The first-order chi connectivity index (χ1) is 6.09. The van der Waals surface area contributed by atoms with Gasteiger partial charge in [-0.2, -0.15) is 0 Å². The van der Waals surface area contributed by atoms with E-state index >= 15 is 0 Å². The maximum Gasteiger partial charge on any atom is 0.263 e. The quantitative estimate of drug-likeness (QED) is 0.705. The van der Waals surface area contributed by atoms with Gasteiger partial charge in [0.05, 0.1) is 0 Å². The van der Waals surface area contributed by atoms with E-state index in [2.05, 4.69) is 0 Å². The molecule has 1 aromatic carbocycles. The first kappa shape index (κ1) is 9.84. The van der Waals surface area contributed by atoms with Gasteiger partial charge in [-0.3, -0.25) is 4.79 Å². The van der Waals surface area contributed by atoms with E-state index in [9.17, 15) is 13.6 Å². The molecule has 0 fully saturated rings. The summed E-state index contributed by atoms with van der Waals surface area (Å²) in [7, 11) is 0. The lowest BCUT2D eigenvalue weighted by Crippen LogP contribution is -1.97. The molecule has 0 aliphatic rings. The van der Waals surface area contributed by atoms with E-state index in [4.69, 9.17) is 0 Å². The molecule has 0 unspecified atom stereocenters. The summed E-state index contributed by atoms with van der Waals surface area (Å²) >= 11 is 0. The molecule has 0 aromatic heterocycles. The Labute approximate surface area is 75.4 Å². The zero-order valence-corrected chi connectivity index (χ0v) is 7.26. The van der Waals surface area contributed by atoms with Crippen LogP contribution in [-0.4, -0.2) is 5.78 Å². The Bertz CT molecular complexity index is 308. The molecule has 1 nitrogen and oxygen atoms in total. The topological polar surface area (TPSA) is 17.1 Å². The highest BCUT2D eigenvalue weighted by atomic mass is 19.3. The summed E-state index contributed by atoms with van der Waals surface area (Å²) in [6.07, 6.45) is -2.24. The minimum atomic E-state index is -2.47. The van der Waals surface area contributed by atoms with Gasteiger partial charge in [0.15, 0.2) is 0 Å². The van der Waals surface area contributed by atoms with Crippen molar-refractivity contribution in [2.75, 3.05) is 0 Å². The van der Waals surface area contributed by atoms with Gasteiger partial charge < -0.3 is 0 Å². The fraction of sp³-hybridized carbons (Fsp3) is 0.300. The lowest BCUT2D eigenvalue weighted by molar-refractivity contribution is -0.116. The third-order valence-electron chi connectivity index (χ3n) is 1.66. The summed E-state index contributed by atoms with van der Waals surface area (Å²) in [5, 5.41) is 0. The second-order valence-corrected chi connectivity index (χ2v) is 2.92. The molecule has 0 aliphatic heterocycles. The molecule has 0 bridgehead atoms. The van der Waals surface area contributed by atoms with Crippen molar-refractivity contribution in [1.29, 1.82) is 0 Å². The van der Waals surface area contributed by atoms with E-state index in [0.717, 1.165) is 0 Å². The average molecular weight is 184 g/mol. The van der Waals surface area contributed by atoms with Crippen LogP contribution in [0, 0.1) is 0 Å². The fourth-order valence-corrected chi connectivity index (χ4v) is 1.13. The minimum absolute atomic E-state index is 0.0218. The van der Waals surface area contributed by atoms with E-state index in [-0.39, 0.29) is 17.8 Å². The normalized spacial score (nSPS) is 10.5. The molecule has 0 atom stereocenters. The van der Waals surface area contributed by atoms with Crippen LogP contribution >= 0.6 is 0 Å². The number of carbonyl (C=O) groups is 1. The molecule has 70 valence electrons. The lowest BCUT2D eigenvalue weighted by atomic mass is 10.1. The average Bonchev–Trinajstić information content (AvgIpc) is 2.03. The number of Topliss-reactive ketones (excluding diaryl/α,β-unsaturated/α-hetero) is 1. The van der Waals surface area contributed by atoms with Crippen molar-refractivity contribution in [2.24, 2.45) is 0 Å². The van der Waals surface area contributed by atoms with Gasteiger partial charge >= 0.3 is 0 Å². The summed E-state index contributed by atoms with van der Waals surface area (Å²) in [5.41, 5.74) is 0.615. The van der Waals surface area contributed by atoms with Crippen LogP contribution in [0.2, 0.25) is 0 Å². The van der Waals surface area contributed by atoms with Crippen LogP contribution in [0.1, 0.15) is 24.5 Å². The van der Waals surface area contributed by atoms with Crippen LogP contribution in [0.4, 0.5) is 8.78 Å². The second-order valence-electron chi connectivity index (χ2n) is 2.92. The zero-order chi connectivity index (χ0) is 9.84. The molecular weight excluding hydrogens is 174 g/mol. The highest BCUT2D eigenvalue weighted by molar-refractivity contribution is 5.78. The molecule has 0 amide bonds. The van der Waals surface area contributed by atoms with Crippen LogP contribution < -0.4 is 0 Å². The Balaban J connectivity index is 2.85. The van der Waals surface area contributed by atoms with Crippen molar-refractivity contribution in [3.05, 3.63) is 35.4 Å². The third-order valence-corrected chi connectivity index (χ3v) is 1.66. The molecule has 0 heterocycles. The summed E-state index contributed by atoms with van der Waals surface area (Å²) in [6, 6.07) is 5.94. The molecule has 0 saturated carbocycles. The Hall–Kier alpha value is -1.25. The summed E-state index contributed by atoms with van der Waals surface area (Å²) < 4.78 is 24.4. The minimum Gasteiger partial charge on any atom is -0.300 e. The largest absolute Gasteiger partial charge is 0.300 e. The molecule has 0 radical (unpaired) electrons. The lowest BCUT2D eigenvalue weighted by Gasteiger charge is -2.02. The third kappa shape index (κ3) is 2.93. The highest BCUT2D eigenvalue weighted by Gasteiger charge is 2.07. The van der Waals surface area contributed by atoms with Gasteiger partial charge in [0.25, 0.3) is 6.43 Å². The molecular formula is C10H10F2O. The second kappa shape index (κ2) is 4.12. The van der Waals surface area contributed by atoms with Crippen molar-refractivity contribution in [3.8, 4) is 0 Å². The number of halogens is 2. The number of benzene rings is 1. The summed E-state index contributed by atoms with van der Waals surface area (Å²) in [4.78, 5) is 10.7.